The first kappa shape index (κ1) is 51.9. The number of benzene rings is 1. The number of carbonyl (C=O) groups is 8. The molecule has 0 aliphatic carbocycles. The Balaban J connectivity index is 1.54. The van der Waals surface area contributed by atoms with Crippen LogP contribution >= 0.6 is 0 Å². The summed E-state index contributed by atoms with van der Waals surface area (Å²) in [6.07, 6.45) is 1.41. The van der Waals surface area contributed by atoms with E-state index in [1.807, 2.05) is 13.8 Å². The predicted octanol–water partition coefficient (Wildman–Crippen LogP) is -2.12. The molecule has 22 nitrogen and oxygen atoms in total. The van der Waals surface area contributed by atoms with Crippen LogP contribution in [0.15, 0.2) is 24.3 Å². The molecular weight excluding hydrogens is 827 g/mol. The topological polar surface area (TPSA) is 300 Å². The molecule has 1 aromatic carbocycles. The van der Waals surface area contributed by atoms with Crippen LogP contribution in [0.3, 0.4) is 0 Å². The van der Waals surface area contributed by atoms with Crippen LogP contribution < -0.4 is 31.5 Å². The minimum Gasteiger partial charge on any atom is -0.494 e. The Labute approximate surface area is 367 Å². The van der Waals surface area contributed by atoms with Gasteiger partial charge in [0.05, 0.1) is 45.2 Å². The minimum absolute atomic E-state index is 0.00753. The summed E-state index contributed by atoms with van der Waals surface area (Å²) < 4.78 is 5.81. The fraction of sp³-hybridized carbons (Fsp3) is 0.659. The highest BCUT2D eigenvalue weighted by atomic mass is 16.5. The summed E-state index contributed by atoms with van der Waals surface area (Å²) in [5.74, 6) is -7.02. The van der Waals surface area contributed by atoms with Crippen LogP contribution in [0.2, 0.25) is 0 Å². The number of aliphatic carboxylic acids is 3. The van der Waals surface area contributed by atoms with Crippen molar-refractivity contribution >= 4 is 47.4 Å². The lowest BCUT2D eigenvalue weighted by atomic mass is 9.81. The van der Waals surface area contributed by atoms with Gasteiger partial charge >= 0.3 is 17.9 Å². The molecule has 5 amide bonds. The number of amides is 5. The van der Waals surface area contributed by atoms with Gasteiger partial charge in [-0.05, 0) is 49.3 Å². The van der Waals surface area contributed by atoms with Crippen molar-refractivity contribution in [2.45, 2.75) is 52.0 Å². The second kappa shape index (κ2) is 27.6. The van der Waals surface area contributed by atoms with Gasteiger partial charge in [0.15, 0.2) is 0 Å². The Morgan fingerprint density at radius 3 is 1.68 bits per heavy atom. The number of nitrogens with zero attached hydrogens (tertiary/aromatic N) is 4. The Morgan fingerprint density at radius 2 is 1.21 bits per heavy atom. The van der Waals surface area contributed by atoms with E-state index in [1.54, 1.807) is 49.3 Å². The zero-order chi connectivity index (χ0) is 46.3. The number of ether oxygens (including phenoxy) is 1. The van der Waals surface area contributed by atoms with Gasteiger partial charge in [0.1, 0.15) is 11.8 Å². The molecule has 1 aromatic rings. The number of hydrogen-bond donors (Lipinski definition) is 9. The molecular formula is C41H65N9O13. The summed E-state index contributed by atoms with van der Waals surface area (Å²) in [6, 6.07) is 5.93. The van der Waals surface area contributed by atoms with Gasteiger partial charge in [-0.2, -0.15) is 0 Å². The molecule has 352 valence electrons. The van der Waals surface area contributed by atoms with E-state index in [0.717, 1.165) is 0 Å². The number of hydrogen-bond acceptors (Lipinski definition) is 14. The van der Waals surface area contributed by atoms with Crippen LogP contribution in [-0.2, 0) is 44.8 Å². The van der Waals surface area contributed by atoms with E-state index in [1.165, 1.54) is 0 Å². The van der Waals surface area contributed by atoms with Gasteiger partial charge in [-0.25, -0.2) is 5.48 Å². The SMILES string of the molecule is CC(C)C[C@H]1C(=O)NC(C(=O)NCC(=O)NCCCNC(=O)CN2CCN(CC(=O)O)CCN(CC(=O)O)CCN(CC(=O)O)CC2)Cc2ccc(cc2)OCCCC1C(=O)NO. The number of nitrogens with one attached hydrogen (secondary N) is 5. The van der Waals surface area contributed by atoms with Crippen LogP contribution in [0.1, 0.15) is 45.1 Å². The monoisotopic (exact) mass is 891 g/mol. The average molecular weight is 892 g/mol. The predicted molar refractivity (Wildman–Crippen MR) is 225 cm³/mol. The Kier molecular flexibility index (Phi) is 22.7. The molecule has 1 fully saturated rings. The standard InChI is InChI=1S/C41H65N9O13/c1-28(2)21-32-31(40(60)46-62)5-3-20-63-30-8-6-29(7-9-30)22-33(45-39(32)59)41(61)44-23-34(51)42-10-4-11-43-35(52)24-47-12-14-48(25-36(53)54)16-18-50(27-38(57)58)19-17-49(15-13-47)26-37(55)56/h6-9,28,31-33,62H,3-5,10-27H2,1-2H3,(H,42,51)(H,43,52)(H,44,61)(H,45,59)(H,46,60)(H,53,54)(H,55,56)(H,57,58)/t31?,32-,33?/m1/s1. The molecule has 63 heavy (non-hydrogen) atoms. The maximum atomic E-state index is 13.8. The summed E-state index contributed by atoms with van der Waals surface area (Å²) in [5.41, 5.74) is 2.39. The van der Waals surface area contributed by atoms with Crippen LogP contribution in [0.4, 0.5) is 0 Å². The maximum Gasteiger partial charge on any atom is 0.317 e. The molecule has 1 saturated heterocycles. The lowest BCUT2D eigenvalue weighted by Crippen LogP contribution is -2.53. The highest BCUT2D eigenvalue weighted by Crippen LogP contribution is 2.27. The minimum atomic E-state index is -1.10. The summed E-state index contributed by atoms with van der Waals surface area (Å²) in [5, 5.41) is 48.6. The molecule has 0 spiro atoms. The Bertz CT molecular complexity index is 1650. The van der Waals surface area contributed by atoms with Gasteiger partial charge in [-0.15, -0.1) is 0 Å². The van der Waals surface area contributed by atoms with Crippen molar-refractivity contribution in [1.29, 1.82) is 0 Å². The second-order valence-electron chi connectivity index (χ2n) is 16.3. The molecule has 2 unspecified atom stereocenters. The summed E-state index contributed by atoms with van der Waals surface area (Å²) in [6.45, 7) is 5.25. The zero-order valence-corrected chi connectivity index (χ0v) is 36.2. The van der Waals surface area contributed by atoms with E-state index in [4.69, 9.17) is 4.74 Å². The van der Waals surface area contributed by atoms with Crippen LogP contribution in [0.5, 0.6) is 5.75 Å². The van der Waals surface area contributed by atoms with Crippen LogP contribution in [0.25, 0.3) is 0 Å². The third-order valence-electron chi connectivity index (χ3n) is 10.7. The third kappa shape index (κ3) is 20.5. The molecule has 0 aromatic heterocycles. The molecule has 4 rings (SSSR count). The molecule has 3 heterocycles. The number of fused-ring (bicyclic) bond motifs is 11. The maximum absolute atomic E-state index is 13.8. The second-order valence-corrected chi connectivity index (χ2v) is 16.3. The number of carboxylic acid groups (broad SMARTS) is 3. The lowest BCUT2D eigenvalue weighted by molar-refractivity contribution is -0.142. The van der Waals surface area contributed by atoms with Gasteiger partial charge in [0, 0.05) is 77.8 Å². The van der Waals surface area contributed by atoms with Gasteiger partial charge < -0.3 is 41.3 Å². The molecule has 22 heteroatoms. The average Bonchev–Trinajstić information content (AvgIpc) is 3.22. The first-order valence-corrected chi connectivity index (χ1v) is 21.3. The normalized spacial score (nSPS) is 20.4. The molecule has 3 atom stereocenters. The number of rotatable bonds is 18. The zero-order valence-electron chi connectivity index (χ0n) is 36.2. The van der Waals surface area contributed by atoms with E-state index in [2.05, 4.69) is 21.3 Å². The third-order valence-corrected chi connectivity index (χ3v) is 10.7. The van der Waals surface area contributed by atoms with Gasteiger partial charge in [0.2, 0.25) is 29.5 Å². The molecule has 9 N–H and O–H groups in total. The van der Waals surface area contributed by atoms with Crippen molar-refractivity contribution in [1.82, 2.24) is 46.3 Å². The fourth-order valence-corrected chi connectivity index (χ4v) is 7.44. The van der Waals surface area contributed by atoms with E-state index in [0.29, 0.717) is 37.2 Å². The summed E-state index contributed by atoms with van der Waals surface area (Å²) in [7, 11) is 0. The van der Waals surface area contributed by atoms with Crippen molar-refractivity contribution in [3.63, 3.8) is 0 Å². The molecule has 3 aliphatic heterocycles. The Morgan fingerprint density at radius 1 is 0.714 bits per heavy atom. The number of carboxylic acids is 3. The fourth-order valence-electron chi connectivity index (χ4n) is 7.44. The van der Waals surface area contributed by atoms with Crippen molar-refractivity contribution in [2.24, 2.45) is 17.8 Å². The summed E-state index contributed by atoms with van der Waals surface area (Å²) in [4.78, 5) is 107. The van der Waals surface area contributed by atoms with Crippen molar-refractivity contribution in [2.75, 3.05) is 105 Å². The van der Waals surface area contributed by atoms with Crippen LogP contribution in [0, 0.1) is 17.8 Å². The molecule has 3 aliphatic rings. The first-order chi connectivity index (χ1) is 30.0. The smallest absolute Gasteiger partial charge is 0.317 e. The van der Waals surface area contributed by atoms with Crippen molar-refractivity contribution < 1.29 is 63.6 Å². The largest absolute Gasteiger partial charge is 0.494 e. The molecule has 0 saturated carbocycles. The van der Waals surface area contributed by atoms with E-state index in [-0.39, 0.29) is 116 Å². The quantitative estimate of drug-likeness (QED) is 0.0433. The number of carbonyl (C=O) groups excluding carboxylic acids is 5. The van der Waals surface area contributed by atoms with Crippen molar-refractivity contribution in [3.8, 4) is 5.75 Å². The highest BCUT2D eigenvalue weighted by Gasteiger charge is 2.36. The van der Waals surface area contributed by atoms with E-state index in [9.17, 15) is 58.9 Å². The van der Waals surface area contributed by atoms with Crippen molar-refractivity contribution in [3.05, 3.63) is 29.8 Å². The molecule has 2 bridgehead atoms. The summed E-state index contributed by atoms with van der Waals surface area (Å²) >= 11 is 0. The first-order valence-electron chi connectivity index (χ1n) is 21.3. The van der Waals surface area contributed by atoms with Gasteiger partial charge in [-0.1, -0.05) is 26.0 Å². The highest BCUT2D eigenvalue weighted by molar-refractivity contribution is 5.93. The Hall–Kier alpha value is -5.42. The van der Waals surface area contributed by atoms with Gasteiger partial charge in [0.25, 0.3) is 0 Å². The van der Waals surface area contributed by atoms with E-state index >= 15 is 0 Å². The number of hydroxylamine groups is 1. The van der Waals surface area contributed by atoms with Gasteiger partial charge in [-0.3, -0.25) is 63.2 Å². The van der Waals surface area contributed by atoms with E-state index < -0.39 is 66.0 Å². The van der Waals surface area contributed by atoms with Crippen LogP contribution in [-0.4, -0.2) is 198 Å². The molecule has 0 radical (unpaired) electrons. The lowest BCUT2D eigenvalue weighted by Gasteiger charge is -2.32.